The highest BCUT2D eigenvalue weighted by molar-refractivity contribution is 5.78. The van der Waals surface area contributed by atoms with Crippen molar-refractivity contribution in [2.24, 2.45) is 0 Å². The molecule has 0 spiro atoms. The van der Waals surface area contributed by atoms with E-state index >= 15 is 0 Å². The maximum absolute atomic E-state index is 12.7. The zero-order chi connectivity index (χ0) is 17.7. The number of benzene rings is 1. The Kier molecular flexibility index (Phi) is 6.23. The average molecular weight is 343 g/mol. The maximum atomic E-state index is 12.7. The molecule has 0 unspecified atom stereocenters. The fraction of sp³-hybridized carbons (Fsp3) is 0.588. The first-order valence-electron chi connectivity index (χ1n) is 8.07. The molecule has 1 heterocycles. The number of hydrogen-bond acceptors (Lipinski definition) is 3. The predicted molar refractivity (Wildman–Crippen MR) is 86.7 cm³/mol. The molecule has 1 atom stereocenters. The van der Waals surface area contributed by atoms with Crippen LogP contribution in [0.2, 0.25) is 0 Å². The number of likely N-dealkylation sites (tertiary alicyclic amines) is 1. The van der Waals surface area contributed by atoms with Crippen molar-refractivity contribution < 1.29 is 18.0 Å². The van der Waals surface area contributed by atoms with E-state index in [0.29, 0.717) is 31.1 Å². The van der Waals surface area contributed by atoms with Crippen LogP contribution in [0.4, 0.5) is 13.2 Å². The zero-order valence-electron chi connectivity index (χ0n) is 14.1. The van der Waals surface area contributed by atoms with Crippen LogP contribution in [0.1, 0.15) is 17.5 Å². The number of amides is 1. The van der Waals surface area contributed by atoms with Crippen LogP contribution in [0.3, 0.4) is 0 Å². The highest BCUT2D eigenvalue weighted by Crippen LogP contribution is 2.29. The van der Waals surface area contributed by atoms with Gasteiger partial charge in [-0.3, -0.25) is 9.69 Å². The first kappa shape index (κ1) is 18.7. The van der Waals surface area contributed by atoms with Crippen LogP contribution in [0.15, 0.2) is 24.3 Å². The molecule has 0 bridgehead atoms. The molecule has 1 aliphatic rings. The van der Waals surface area contributed by atoms with Crippen LogP contribution in [0.25, 0.3) is 0 Å². The van der Waals surface area contributed by atoms with E-state index in [2.05, 4.69) is 15.1 Å². The summed E-state index contributed by atoms with van der Waals surface area (Å²) >= 11 is 0. The molecule has 2 rings (SSSR count). The molecule has 0 aliphatic carbocycles. The highest BCUT2D eigenvalue weighted by atomic mass is 19.4. The minimum atomic E-state index is -4.34. The standard InChI is InChI=1S/C17H24F3N3O/c1-22(2)15-7-9-23(11-15)12-16(24)21-8-6-13-4-3-5-14(10-13)17(18,19)20/h3-5,10,15H,6-9,11-12H2,1-2H3,(H,21,24)/t15-/m1/s1. The first-order valence-corrected chi connectivity index (χ1v) is 8.07. The van der Waals surface area contributed by atoms with Gasteiger partial charge in [-0.1, -0.05) is 18.2 Å². The van der Waals surface area contributed by atoms with Crippen molar-refractivity contribution in [3.05, 3.63) is 35.4 Å². The Labute approximate surface area is 140 Å². The number of rotatable bonds is 6. The van der Waals surface area contributed by atoms with E-state index < -0.39 is 11.7 Å². The lowest BCUT2D eigenvalue weighted by Gasteiger charge is -2.20. The van der Waals surface area contributed by atoms with E-state index in [1.807, 2.05) is 14.1 Å². The Morgan fingerprint density at radius 1 is 1.38 bits per heavy atom. The summed E-state index contributed by atoms with van der Waals surface area (Å²) in [6, 6.07) is 5.70. The van der Waals surface area contributed by atoms with Crippen LogP contribution in [-0.4, -0.2) is 62.0 Å². The number of nitrogens with one attached hydrogen (secondary N) is 1. The molecule has 1 saturated heterocycles. The molecule has 1 amide bonds. The number of nitrogens with zero attached hydrogens (tertiary/aromatic N) is 2. The Bertz CT molecular complexity index is 560. The summed E-state index contributed by atoms with van der Waals surface area (Å²) in [6.45, 7) is 2.44. The van der Waals surface area contributed by atoms with Gasteiger partial charge < -0.3 is 10.2 Å². The van der Waals surface area contributed by atoms with Gasteiger partial charge in [0, 0.05) is 25.7 Å². The van der Waals surface area contributed by atoms with Crippen LogP contribution in [0, 0.1) is 0 Å². The summed E-state index contributed by atoms with van der Waals surface area (Å²) in [4.78, 5) is 16.2. The number of carbonyl (C=O) groups excluding carboxylic acids is 1. The maximum Gasteiger partial charge on any atom is 0.416 e. The van der Waals surface area contributed by atoms with E-state index in [4.69, 9.17) is 0 Å². The largest absolute Gasteiger partial charge is 0.416 e. The van der Waals surface area contributed by atoms with E-state index in [9.17, 15) is 18.0 Å². The quantitative estimate of drug-likeness (QED) is 0.858. The van der Waals surface area contributed by atoms with Gasteiger partial charge in [0.1, 0.15) is 0 Å². The Hall–Kier alpha value is -1.60. The van der Waals surface area contributed by atoms with Crippen LogP contribution >= 0.6 is 0 Å². The molecule has 7 heteroatoms. The number of alkyl halides is 3. The third kappa shape index (κ3) is 5.49. The van der Waals surface area contributed by atoms with E-state index in [1.165, 1.54) is 6.07 Å². The van der Waals surface area contributed by atoms with Crippen LogP contribution in [0.5, 0.6) is 0 Å². The summed E-state index contributed by atoms with van der Waals surface area (Å²) in [5.41, 5.74) is -0.0860. The van der Waals surface area contributed by atoms with Gasteiger partial charge >= 0.3 is 6.18 Å². The van der Waals surface area contributed by atoms with Crippen molar-refractivity contribution in [3.63, 3.8) is 0 Å². The van der Waals surface area contributed by atoms with Crippen molar-refractivity contribution in [1.29, 1.82) is 0 Å². The molecule has 1 aromatic carbocycles. The summed E-state index contributed by atoms with van der Waals surface area (Å²) < 4.78 is 38.0. The summed E-state index contributed by atoms with van der Waals surface area (Å²) in [7, 11) is 4.06. The van der Waals surface area contributed by atoms with Crippen molar-refractivity contribution >= 4 is 5.91 Å². The second kappa shape index (κ2) is 7.98. The molecule has 1 fully saturated rings. The molecule has 4 nitrogen and oxygen atoms in total. The lowest BCUT2D eigenvalue weighted by Crippen LogP contribution is -2.38. The topological polar surface area (TPSA) is 35.6 Å². The summed E-state index contributed by atoms with van der Waals surface area (Å²) in [5.74, 6) is -0.0821. The number of likely N-dealkylation sites (N-methyl/N-ethyl adjacent to an activating group) is 1. The Morgan fingerprint density at radius 2 is 2.12 bits per heavy atom. The summed E-state index contributed by atoms with van der Waals surface area (Å²) in [6.07, 6.45) is -2.90. The van der Waals surface area contributed by atoms with Gasteiger partial charge in [0.2, 0.25) is 5.91 Å². The zero-order valence-corrected chi connectivity index (χ0v) is 14.1. The highest BCUT2D eigenvalue weighted by Gasteiger charge is 2.30. The molecular weight excluding hydrogens is 319 g/mol. The fourth-order valence-corrected chi connectivity index (χ4v) is 2.89. The molecular formula is C17H24F3N3O. The van der Waals surface area contributed by atoms with Crippen LogP contribution < -0.4 is 5.32 Å². The molecule has 0 aromatic heterocycles. The Morgan fingerprint density at radius 3 is 2.75 bits per heavy atom. The van der Waals surface area contributed by atoms with Gasteiger partial charge in [-0.25, -0.2) is 0 Å². The van der Waals surface area contributed by atoms with Crippen molar-refractivity contribution in [1.82, 2.24) is 15.1 Å². The number of halogens is 3. The van der Waals surface area contributed by atoms with E-state index in [-0.39, 0.29) is 5.91 Å². The minimum absolute atomic E-state index is 0.0821. The molecule has 134 valence electrons. The normalized spacial score (nSPS) is 19.0. The van der Waals surface area contributed by atoms with Gasteiger partial charge in [-0.2, -0.15) is 13.2 Å². The predicted octanol–water partition coefficient (Wildman–Crippen LogP) is 2.00. The van der Waals surface area contributed by atoms with Crippen molar-refractivity contribution in [2.45, 2.75) is 25.1 Å². The van der Waals surface area contributed by atoms with Gasteiger partial charge in [0.25, 0.3) is 0 Å². The monoisotopic (exact) mass is 343 g/mol. The lowest BCUT2D eigenvalue weighted by molar-refractivity contribution is -0.137. The van der Waals surface area contributed by atoms with Gasteiger partial charge in [0.15, 0.2) is 0 Å². The van der Waals surface area contributed by atoms with Crippen LogP contribution in [-0.2, 0) is 17.4 Å². The SMILES string of the molecule is CN(C)[C@@H]1CCN(CC(=O)NCCc2cccc(C(F)(F)F)c2)C1. The Balaban J connectivity index is 1.73. The fourth-order valence-electron chi connectivity index (χ4n) is 2.89. The van der Waals surface area contributed by atoms with E-state index in [0.717, 1.165) is 31.6 Å². The van der Waals surface area contributed by atoms with Gasteiger partial charge in [0.05, 0.1) is 12.1 Å². The average Bonchev–Trinajstić information content (AvgIpc) is 2.95. The first-order chi connectivity index (χ1) is 11.3. The smallest absolute Gasteiger partial charge is 0.355 e. The summed E-state index contributed by atoms with van der Waals surface area (Å²) in [5, 5.41) is 2.78. The minimum Gasteiger partial charge on any atom is -0.355 e. The second-order valence-electron chi connectivity index (χ2n) is 6.44. The third-order valence-corrected chi connectivity index (χ3v) is 4.34. The molecule has 1 aromatic rings. The van der Waals surface area contributed by atoms with Gasteiger partial charge in [-0.15, -0.1) is 0 Å². The molecule has 1 N–H and O–H groups in total. The van der Waals surface area contributed by atoms with Crippen molar-refractivity contribution in [3.8, 4) is 0 Å². The molecule has 24 heavy (non-hydrogen) atoms. The molecule has 0 saturated carbocycles. The molecule has 1 aliphatic heterocycles. The van der Waals surface area contributed by atoms with Gasteiger partial charge in [-0.05, 0) is 38.6 Å². The molecule has 0 radical (unpaired) electrons. The number of carbonyl (C=O) groups is 1. The number of hydrogen-bond donors (Lipinski definition) is 1. The lowest BCUT2D eigenvalue weighted by atomic mass is 10.1. The second-order valence-corrected chi connectivity index (χ2v) is 6.44. The van der Waals surface area contributed by atoms with Crippen molar-refractivity contribution in [2.75, 3.05) is 40.3 Å². The third-order valence-electron chi connectivity index (χ3n) is 4.34. The van der Waals surface area contributed by atoms with E-state index in [1.54, 1.807) is 6.07 Å².